The van der Waals surface area contributed by atoms with E-state index in [1.165, 1.54) is 0 Å². The first kappa shape index (κ1) is 19.0. The highest BCUT2D eigenvalue weighted by atomic mass is 16.5. The molecule has 0 saturated carbocycles. The van der Waals surface area contributed by atoms with E-state index in [0.717, 1.165) is 42.8 Å². The highest BCUT2D eigenvalue weighted by molar-refractivity contribution is 5.93. The second kappa shape index (κ2) is 8.34. The average Bonchev–Trinajstić information content (AvgIpc) is 2.78. The predicted molar refractivity (Wildman–Crippen MR) is 113 cm³/mol. The van der Waals surface area contributed by atoms with E-state index in [-0.39, 0.29) is 11.8 Å². The standard InChI is InChI=1S/C22H24N4O3/c1-28-19-8-7-16(13-20(19)29-2)24-22(27)15-9-11-26(12-10-15)21-14-23-17-5-3-4-6-18(17)25-21/h3-8,13-15H,9-12H2,1-2H3,(H,24,27). The largest absolute Gasteiger partial charge is 0.493 e. The lowest BCUT2D eigenvalue weighted by Gasteiger charge is -2.32. The first-order chi connectivity index (χ1) is 14.2. The smallest absolute Gasteiger partial charge is 0.227 e. The minimum Gasteiger partial charge on any atom is -0.493 e. The third-order valence-electron chi connectivity index (χ3n) is 5.28. The van der Waals surface area contributed by atoms with Gasteiger partial charge in [-0.3, -0.25) is 9.78 Å². The van der Waals surface area contributed by atoms with E-state index >= 15 is 0 Å². The zero-order chi connectivity index (χ0) is 20.2. The van der Waals surface area contributed by atoms with Crippen LogP contribution in [0.15, 0.2) is 48.7 Å². The number of para-hydroxylation sites is 2. The molecule has 1 aliphatic rings. The normalized spacial score (nSPS) is 14.6. The van der Waals surface area contributed by atoms with Crippen LogP contribution in [0.3, 0.4) is 0 Å². The molecule has 150 valence electrons. The summed E-state index contributed by atoms with van der Waals surface area (Å²) in [4.78, 5) is 24.1. The summed E-state index contributed by atoms with van der Waals surface area (Å²) in [5.41, 5.74) is 2.48. The molecule has 4 rings (SSSR count). The molecule has 0 atom stereocenters. The van der Waals surface area contributed by atoms with E-state index in [1.54, 1.807) is 26.4 Å². The van der Waals surface area contributed by atoms with Gasteiger partial charge in [-0.25, -0.2) is 4.98 Å². The summed E-state index contributed by atoms with van der Waals surface area (Å²) in [7, 11) is 3.17. The molecular formula is C22H24N4O3. The van der Waals surface area contributed by atoms with Crippen LogP contribution in [0.5, 0.6) is 11.5 Å². The van der Waals surface area contributed by atoms with Crippen molar-refractivity contribution in [1.29, 1.82) is 0 Å². The lowest BCUT2D eigenvalue weighted by molar-refractivity contribution is -0.120. The van der Waals surface area contributed by atoms with Gasteiger partial charge in [-0.1, -0.05) is 12.1 Å². The molecule has 0 aliphatic carbocycles. The molecule has 0 unspecified atom stereocenters. The Kier molecular flexibility index (Phi) is 5.46. The molecule has 7 heteroatoms. The maximum atomic E-state index is 12.7. The lowest BCUT2D eigenvalue weighted by atomic mass is 9.96. The Morgan fingerprint density at radius 2 is 1.76 bits per heavy atom. The lowest BCUT2D eigenvalue weighted by Crippen LogP contribution is -2.38. The van der Waals surface area contributed by atoms with Crippen LogP contribution >= 0.6 is 0 Å². The molecule has 1 aromatic heterocycles. The number of amides is 1. The third kappa shape index (κ3) is 4.08. The summed E-state index contributed by atoms with van der Waals surface area (Å²) >= 11 is 0. The van der Waals surface area contributed by atoms with Crippen LogP contribution in [0, 0.1) is 5.92 Å². The van der Waals surface area contributed by atoms with Crippen LogP contribution in [0.4, 0.5) is 11.5 Å². The number of methoxy groups -OCH3 is 2. The van der Waals surface area contributed by atoms with Crippen LogP contribution in [0.25, 0.3) is 11.0 Å². The van der Waals surface area contributed by atoms with Crippen molar-refractivity contribution in [2.75, 3.05) is 37.5 Å². The Hall–Kier alpha value is -3.35. The van der Waals surface area contributed by atoms with Crippen LogP contribution < -0.4 is 19.7 Å². The Labute approximate surface area is 169 Å². The van der Waals surface area contributed by atoms with Gasteiger partial charge < -0.3 is 19.7 Å². The summed E-state index contributed by atoms with van der Waals surface area (Å²) in [5, 5.41) is 3.00. The molecule has 1 N–H and O–H groups in total. The molecule has 2 heterocycles. The third-order valence-corrected chi connectivity index (χ3v) is 5.28. The van der Waals surface area contributed by atoms with Gasteiger partial charge in [-0.05, 0) is 37.1 Å². The first-order valence-corrected chi connectivity index (χ1v) is 9.67. The Balaban J connectivity index is 1.38. The van der Waals surface area contributed by atoms with E-state index in [0.29, 0.717) is 17.2 Å². The quantitative estimate of drug-likeness (QED) is 0.716. The second-order valence-electron chi connectivity index (χ2n) is 7.04. The van der Waals surface area contributed by atoms with E-state index in [1.807, 2.05) is 36.5 Å². The van der Waals surface area contributed by atoms with Gasteiger partial charge in [0.1, 0.15) is 5.82 Å². The zero-order valence-corrected chi connectivity index (χ0v) is 16.6. The molecule has 1 amide bonds. The number of nitrogens with one attached hydrogen (secondary N) is 1. The highest BCUT2D eigenvalue weighted by Gasteiger charge is 2.26. The van der Waals surface area contributed by atoms with Gasteiger partial charge >= 0.3 is 0 Å². The van der Waals surface area contributed by atoms with Gasteiger partial charge in [0, 0.05) is 30.8 Å². The highest BCUT2D eigenvalue weighted by Crippen LogP contribution is 2.30. The Bertz CT molecular complexity index is 1020. The van der Waals surface area contributed by atoms with Crippen LogP contribution in [0.1, 0.15) is 12.8 Å². The number of piperidine rings is 1. The minimum absolute atomic E-state index is 0.0291. The number of hydrogen-bond donors (Lipinski definition) is 1. The minimum atomic E-state index is -0.0345. The number of rotatable bonds is 5. The molecule has 0 spiro atoms. The van der Waals surface area contributed by atoms with Crippen molar-refractivity contribution in [3.8, 4) is 11.5 Å². The van der Waals surface area contributed by atoms with Gasteiger partial charge in [0.15, 0.2) is 11.5 Å². The molecule has 3 aromatic rings. The fourth-order valence-corrected chi connectivity index (χ4v) is 3.63. The molecule has 1 aliphatic heterocycles. The van der Waals surface area contributed by atoms with Crippen LogP contribution in [-0.4, -0.2) is 43.2 Å². The summed E-state index contributed by atoms with van der Waals surface area (Å²) < 4.78 is 10.5. The molecule has 2 aromatic carbocycles. The Morgan fingerprint density at radius 3 is 2.48 bits per heavy atom. The second-order valence-corrected chi connectivity index (χ2v) is 7.04. The van der Waals surface area contributed by atoms with E-state index in [9.17, 15) is 4.79 Å². The molecule has 0 radical (unpaired) electrons. The van der Waals surface area contributed by atoms with Crippen LogP contribution in [0.2, 0.25) is 0 Å². The van der Waals surface area contributed by atoms with Crippen LogP contribution in [-0.2, 0) is 4.79 Å². The average molecular weight is 392 g/mol. The van der Waals surface area contributed by atoms with Crippen molar-refractivity contribution in [3.63, 3.8) is 0 Å². The number of hydrogen-bond acceptors (Lipinski definition) is 6. The van der Waals surface area contributed by atoms with Crippen molar-refractivity contribution in [2.45, 2.75) is 12.8 Å². The molecular weight excluding hydrogens is 368 g/mol. The van der Waals surface area contributed by atoms with E-state index in [4.69, 9.17) is 14.5 Å². The number of benzene rings is 2. The number of ether oxygens (including phenoxy) is 2. The van der Waals surface area contributed by atoms with E-state index < -0.39 is 0 Å². The number of carbonyl (C=O) groups is 1. The SMILES string of the molecule is COc1ccc(NC(=O)C2CCN(c3cnc4ccccc4n3)CC2)cc1OC. The van der Waals surface area contributed by atoms with Crippen molar-refractivity contribution in [3.05, 3.63) is 48.7 Å². The van der Waals surface area contributed by atoms with E-state index in [2.05, 4.69) is 15.2 Å². The van der Waals surface area contributed by atoms with Crippen molar-refractivity contribution in [1.82, 2.24) is 9.97 Å². The number of fused-ring (bicyclic) bond motifs is 1. The molecule has 0 bridgehead atoms. The summed E-state index contributed by atoms with van der Waals surface area (Å²) in [6.07, 6.45) is 3.35. The zero-order valence-electron chi connectivity index (χ0n) is 16.6. The van der Waals surface area contributed by atoms with Gasteiger partial charge in [0.2, 0.25) is 5.91 Å². The van der Waals surface area contributed by atoms with Gasteiger partial charge in [0.25, 0.3) is 0 Å². The Morgan fingerprint density at radius 1 is 1.03 bits per heavy atom. The summed E-state index contributed by atoms with van der Waals surface area (Å²) in [5.74, 6) is 2.09. The first-order valence-electron chi connectivity index (χ1n) is 9.67. The summed E-state index contributed by atoms with van der Waals surface area (Å²) in [6.45, 7) is 1.55. The molecule has 1 saturated heterocycles. The molecule has 29 heavy (non-hydrogen) atoms. The van der Waals surface area contributed by atoms with Gasteiger partial charge in [-0.15, -0.1) is 0 Å². The number of nitrogens with zero attached hydrogens (tertiary/aromatic N) is 3. The number of aromatic nitrogens is 2. The van der Waals surface area contributed by atoms with Crippen molar-refractivity contribution < 1.29 is 14.3 Å². The fourth-order valence-electron chi connectivity index (χ4n) is 3.63. The maximum Gasteiger partial charge on any atom is 0.227 e. The maximum absolute atomic E-state index is 12.7. The van der Waals surface area contributed by atoms with Gasteiger partial charge in [0.05, 0.1) is 31.4 Å². The number of anilines is 2. The fraction of sp³-hybridized carbons (Fsp3) is 0.318. The molecule has 7 nitrogen and oxygen atoms in total. The monoisotopic (exact) mass is 392 g/mol. The van der Waals surface area contributed by atoms with Crippen molar-refractivity contribution >= 4 is 28.4 Å². The van der Waals surface area contributed by atoms with Gasteiger partial charge in [-0.2, -0.15) is 0 Å². The number of carbonyl (C=O) groups excluding carboxylic acids is 1. The topological polar surface area (TPSA) is 76.6 Å². The summed E-state index contributed by atoms with van der Waals surface area (Å²) in [6, 6.07) is 13.2. The van der Waals surface area contributed by atoms with Crippen molar-refractivity contribution in [2.24, 2.45) is 5.92 Å². The predicted octanol–water partition coefficient (Wildman–Crippen LogP) is 3.50. The molecule has 1 fully saturated rings.